The van der Waals surface area contributed by atoms with Gasteiger partial charge in [0.05, 0.1) is 165 Å². The minimum atomic E-state index is -0.785. The van der Waals surface area contributed by atoms with E-state index >= 15 is 0 Å². The van der Waals surface area contributed by atoms with Crippen molar-refractivity contribution < 1.29 is 73.3 Å². The smallest absolute Gasteiger partial charge is 0.0810 e. The molecule has 0 aliphatic carbocycles. The Morgan fingerprint density at radius 3 is 0.887 bits per heavy atom. The van der Waals surface area contributed by atoms with Crippen LogP contribution in [0.2, 0.25) is 0 Å². The van der Waals surface area contributed by atoms with Gasteiger partial charge in [-0.25, -0.2) is 0 Å². The third kappa shape index (κ3) is 27.6. The van der Waals surface area contributed by atoms with Gasteiger partial charge >= 0.3 is 0 Å². The van der Waals surface area contributed by atoms with Gasteiger partial charge in [0.2, 0.25) is 0 Å². The molecule has 8 unspecified atom stereocenters. The van der Waals surface area contributed by atoms with Crippen LogP contribution >= 0.6 is 0 Å². The number of ether oxygens (including phenoxy) is 9. The summed E-state index contributed by atoms with van der Waals surface area (Å²) in [5.41, 5.74) is -1.57. The monoisotopic (exact) mass is 775 g/mol. The number of aliphatic hydroxyl groups excluding tert-OH is 6. The van der Waals surface area contributed by atoms with Crippen LogP contribution in [0.4, 0.5) is 0 Å². The maximum atomic E-state index is 10.1. The second-order valence-electron chi connectivity index (χ2n) is 14.8. The summed E-state index contributed by atoms with van der Waals surface area (Å²) >= 11 is 0. The summed E-state index contributed by atoms with van der Waals surface area (Å²) in [4.78, 5) is 0. The molecule has 0 saturated carbocycles. The highest BCUT2D eigenvalue weighted by Crippen LogP contribution is 2.24. The van der Waals surface area contributed by atoms with Gasteiger partial charge in [-0.15, -0.1) is 0 Å². The van der Waals surface area contributed by atoms with Crippen LogP contribution in [0.15, 0.2) is 0 Å². The van der Waals surface area contributed by atoms with Crippen molar-refractivity contribution in [2.75, 3.05) is 106 Å². The first-order chi connectivity index (χ1) is 25.1. The van der Waals surface area contributed by atoms with Crippen molar-refractivity contribution in [2.45, 2.75) is 130 Å². The van der Waals surface area contributed by atoms with Crippen molar-refractivity contribution in [2.24, 2.45) is 10.8 Å². The van der Waals surface area contributed by atoms with Gasteiger partial charge in [-0.2, -0.15) is 0 Å². The van der Waals surface area contributed by atoms with Crippen molar-refractivity contribution in [1.29, 1.82) is 0 Å². The third-order valence-corrected chi connectivity index (χ3v) is 8.22. The van der Waals surface area contributed by atoms with E-state index in [2.05, 4.69) is 0 Å². The zero-order valence-electron chi connectivity index (χ0n) is 34.1. The van der Waals surface area contributed by atoms with Gasteiger partial charge in [-0.1, -0.05) is 27.7 Å². The number of rotatable bonds is 38. The molecule has 0 fully saturated rings. The highest BCUT2D eigenvalue weighted by molar-refractivity contribution is 4.82. The van der Waals surface area contributed by atoms with Crippen LogP contribution < -0.4 is 0 Å². The molecule has 0 aromatic heterocycles. The average Bonchev–Trinajstić information content (AvgIpc) is 3.10. The van der Waals surface area contributed by atoms with Crippen LogP contribution in [0.25, 0.3) is 0 Å². The predicted molar refractivity (Wildman–Crippen MR) is 200 cm³/mol. The third-order valence-electron chi connectivity index (χ3n) is 8.22. The Bertz CT molecular complexity index is 742. The summed E-state index contributed by atoms with van der Waals surface area (Å²) in [5.74, 6) is 0. The van der Waals surface area contributed by atoms with E-state index < -0.39 is 47.5 Å². The Morgan fingerprint density at radius 2 is 0.623 bits per heavy atom. The number of hydrogen-bond donors (Lipinski definition) is 6. The first-order valence-electron chi connectivity index (χ1n) is 19.5. The summed E-state index contributed by atoms with van der Waals surface area (Å²) < 4.78 is 53.8. The van der Waals surface area contributed by atoms with E-state index in [1.165, 1.54) is 0 Å². The van der Waals surface area contributed by atoms with Gasteiger partial charge in [0, 0.05) is 0 Å². The highest BCUT2D eigenvalue weighted by Gasteiger charge is 2.35. The van der Waals surface area contributed by atoms with E-state index in [0.29, 0.717) is 25.7 Å². The average molecular weight is 775 g/mol. The van der Waals surface area contributed by atoms with Crippen molar-refractivity contribution >= 4 is 0 Å². The number of aliphatic hydroxyl groups is 6. The fourth-order valence-electron chi connectivity index (χ4n) is 4.90. The molecule has 0 rings (SSSR count). The number of hydrogen-bond acceptors (Lipinski definition) is 15. The Balaban J connectivity index is 5.60. The van der Waals surface area contributed by atoms with Gasteiger partial charge in [0.1, 0.15) is 0 Å². The molecule has 0 amide bonds. The van der Waals surface area contributed by atoms with E-state index in [1.807, 2.05) is 34.6 Å². The van der Waals surface area contributed by atoms with E-state index in [0.717, 1.165) is 0 Å². The molecular weight excluding hydrogens is 696 g/mol. The van der Waals surface area contributed by atoms with Crippen molar-refractivity contribution in [3.8, 4) is 0 Å². The Hall–Kier alpha value is -0.600. The first kappa shape index (κ1) is 52.4. The Labute approximate surface area is 319 Å². The molecule has 0 radical (unpaired) electrons. The first-order valence-corrected chi connectivity index (χ1v) is 19.5. The molecule has 8 atom stereocenters. The van der Waals surface area contributed by atoms with E-state index in [9.17, 15) is 30.6 Å². The second kappa shape index (κ2) is 31.5. The molecule has 6 N–H and O–H groups in total. The molecule has 15 nitrogen and oxygen atoms in total. The molecule has 320 valence electrons. The molecular formula is C38H78O15. The van der Waals surface area contributed by atoms with Gasteiger partial charge < -0.3 is 73.3 Å². The highest BCUT2D eigenvalue weighted by atomic mass is 16.6. The summed E-state index contributed by atoms with van der Waals surface area (Å²) in [5, 5.41) is 59.6. The maximum Gasteiger partial charge on any atom is 0.0810 e. The fourth-order valence-corrected chi connectivity index (χ4v) is 4.90. The molecule has 0 spiro atoms. The molecule has 0 bridgehead atoms. The maximum absolute atomic E-state index is 10.1. The fraction of sp³-hybridized carbons (Fsp3) is 1.00. The standard InChI is InChI=1S/C38H78O15/c1-9-33(42)17-49-25-38(26-50-18-34(43)10-2,27-51-19-35(44)11-3)28-52-20-36(12-4)53-32(8)16-48-24-37(21-45-13-29(5)39,22-46-14-30(6)40)23-47-15-31(7)41/h29-36,39-44H,9-28H2,1-8H3. The normalized spacial score (nSPS) is 19.1. The summed E-state index contributed by atoms with van der Waals surface area (Å²) in [6, 6.07) is 0. The van der Waals surface area contributed by atoms with Crippen LogP contribution in [-0.4, -0.2) is 185 Å². The molecule has 0 aromatic carbocycles. The van der Waals surface area contributed by atoms with Crippen LogP contribution in [0.3, 0.4) is 0 Å². The topological polar surface area (TPSA) is 204 Å². The van der Waals surface area contributed by atoms with E-state index in [4.69, 9.17) is 42.6 Å². The Kier molecular flexibility index (Phi) is 31.1. The van der Waals surface area contributed by atoms with Crippen LogP contribution in [-0.2, 0) is 42.6 Å². The zero-order valence-corrected chi connectivity index (χ0v) is 34.1. The lowest BCUT2D eigenvalue weighted by atomic mass is 9.92. The molecule has 0 aliphatic rings. The SMILES string of the molecule is CCC(O)COCC(COCC(O)CC)(COCC(O)CC)COCC(CC)OC(C)COCC(COCC(C)O)(COCC(C)O)COCC(C)O. The Morgan fingerprint density at radius 1 is 0.358 bits per heavy atom. The summed E-state index contributed by atoms with van der Waals surface area (Å²) in [6.45, 7) is 17.0. The second-order valence-corrected chi connectivity index (χ2v) is 14.8. The van der Waals surface area contributed by atoms with Crippen LogP contribution in [0.1, 0.15) is 81.1 Å². The van der Waals surface area contributed by atoms with Crippen molar-refractivity contribution in [1.82, 2.24) is 0 Å². The zero-order chi connectivity index (χ0) is 40.1. The van der Waals surface area contributed by atoms with Gasteiger partial charge in [-0.3, -0.25) is 0 Å². The quantitative estimate of drug-likeness (QED) is 0.0529. The van der Waals surface area contributed by atoms with Crippen LogP contribution in [0.5, 0.6) is 0 Å². The van der Waals surface area contributed by atoms with Gasteiger partial charge in [0.15, 0.2) is 0 Å². The molecule has 0 saturated heterocycles. The molecule has 0 heterocycles. The van der Waals surface area contributed by atoms with E-state index in [-0.39, 0.29) is 118 Å². The lowest BCUT2D eigenvalue weighted by Gasteiger charge is -2.35. The lowest BCUT2D eigenvalue weighted by Crippen LogP contribution is -2.44. The molecule has 53 heavy (non-hydrogen) atoms. The predicted octanol–water partition coefficient (Wildman–Crippen LogP) is 1.73. The van der Waals surface area contributed by atoms with Crippen molar-refractivity contribution in [3.05, 3.63) is 0 Å². The van der Waals surface area contributed by atoms with E-state index in [1.54, 1.807) is 20.8 Å². The largest absolute Gasteiger partial charge is 0.391 e. The molecule has 0 aliphatic heterocycles. The van der Waals surface area contributed by atoms with Crippen molar-refractivity contribution in [3.63, 3.8) is 0 Å². The van der Waals surface area contributed by atoms with Gasteiger partial charge in [-0.05, 0) is 53.4 Å². The van der Waals surface area contributed by atoms with Crippen LogP contribution in [0, 0.1) is 10.8 Å². The minimum absolute atomic E-state index is 0.111. The summed E-state index contributed by atoms with van der Waals surface area (Å²) in [6.07, 6.45) is -2.14. The molecule has 15 heteroatoms. The summed E-state index contributed by atoms with van der Waals surface area (Å²) in [7, 11) is 0. The lowest BCUT2D eigenvalue weighted by molar-refractivity contribution is -0.147. The minimum Gasteiger partial charge on any atom is -0.391 e. The van der Waals surface area contributed by atoms with Gasteiger partial charge in [0.25, 0.3) is 0 Å². The molecule has 0 aromatic rings.